The Morgan fingerprint density at radius 1 is 1.43 bits per heavy atom. The molecule has 0 heterocycles. The summed E-state index contributed by atoms with van der Waals surface area (Å²) in [5.74, 6) is -0.591. The highest BCUT2D eigenvalue weighted by Crippen LogP contribution is 2.43. The van der Waals surface area contributed by atoms with Crippen molar-refractivity contribution in [1.82, 2.24) is 0 Å². The standard InChI is InChI=1S/C12H14O2/c1-8-4-2-3-5-10(8)11(12(13)14)9-6-7-9/h2-5,9,11H,6-7H2,1H3,(H,13,14). The Labute approximate surface area is 83.6 Å². The van der Waals surface area contributed by atoms with Crippen molar-refractivity contribution in [3.8, 4) is 0 Å². The molecule has 14 heavy (non-hydrogen) atoms. The zero-order chi connectivity index (χ0) is 10.1. The Kier molecular flexibility index (Phi) is 2.28. The van der Waals surface area contributed by atoms with Crippen molar-refractivity contribution in [2.75, 3.05) is 0 Å². The second-order valence-electron chi connectivity index (χ2n) is 4.01. The van der Waals surface area contributed by atoms with E-state index in [4.69, 9.17) is 5.11 Å². The van der Waals surface area contributed by atoms with Crippen LogP contribution in [0.25, 0.3) is 0 Å². The maximum atomic E-state index is 11.1. The summed E-state index contributed by atoms with van der Waals surface area (Å²) < 4.78 is 0. The highest BCUT2D eigenvalue weighted by molar-refractivity contribution is 5.77. The molecule has 2 nitrogen and oxygen atoms in total. The number of carboxylic acids is 1. The lowest BCUT2D eigenvalue weighted by Gasteiger charge is -2.13. The Morgan fingerprint density at radius 2 is 2.07 bits per heavy atom. The molecule has 1 aromatic carbocycles. The lowest BCUT2D eigenvalue weighted by atomic mass is 9.91. The summed E-state index contributed by atoms with van der Waals surface area (Å²) in [6.07, 6.45) is 2.12. The fraction of sp³-hybridized carbons (Fsp3) is 0.417. The number of carbonyl (C=O) groups is 1. The van der Waals surface area contributed by atoms with Gasteiger partial charge in [-0.2, -0.15) is 0 Å². The van der Waals surface area contributed by atoms with Gasteiger partial charge in [0.2, 0.25) is 0 Å². The molecule has 1 saturated carbocycles. The Balaban J connectivity index is 2.35. The third kappa shape index (κ3) is 1.65. The zero-order valence-electron chi connectivity index (χ0n) is 8.23. The largest absolute Gasteiger partial charge is 0.481 e. The molecule has 0 amide bonds. The van der Waals surface area contributed by atoms with Crippen molar-refractivity contribution in [2.45, 2.75) is 25.7 Å². The van der Waals surface area contributed by atoms with Crippen molar-refractivity contribution in [2.24, 2.45) is 5.92 Å². The minimum absolute atomic E-state index is 0.281. The SMILES string of the molecule is Cc1ccccc1C(C(=O)O)C1CC1. The van der Waals surface area contributed by atoms with Gasteiger partial charge in [0.15, 0.2) is 0 Å². The predicted molar refractivity (Wildman–Crippen MR) is 54.3 cm³/mol. The second kappa shape index (κ2) is 3.45. The topological polar surface area (TPSA) is 37.3 Å². The first-order valence-corrected chi connectivity index (χ1v) is 4.98. The van der Waals surface area contributed by atoms with E-state index in [9.17, 15) is 4.79 Å². The maximum Gasteiger partial charge on any atom is 0.311 e. The summed E-state index contributed by atoms with van der Waals surface area (Å²) in [7, 11) is 0. The molecule has 1 aliphatic rings. The summed E-state index contributed by atoms with van der Waals surface area (Å²) >= 11 is 0. The quantitative estimate of drug-likeness (QED) is 0.795. The van der Waals surface area contributed by atoms with Crippen LogP contribution < -0.4 is 0 Å². The molecule has 1 unspecified atom stereocenters. The van der Waals surface area contributed by atoms with E-state index < -0.39 is 5.97 Å². The smallest absolute Gasteiger partial charge is 0.311 e. The average Bonchev–Trinajstić information content (AvgIpc) is 2.92. The lowest BCUT2D eigenvalue weighted by molar-refractivity contribution is -0.139. The first-order valence-electron chi connectivity index (χ1n) is 4.98. The molecule has 1 atom stereocenters. The van der Waals surface area contributed by atoms with Gasteiger partial charge in [-0.15, -0.1) is 0 Å². The van der Waals surface area contributed by atoms with E-state index >= 15 is 0 Å². The number of hydrogen-bond acceptors (Lipinski definition) is 1. The molecule has 1 aromatic rings. The molecule has 0 bridgehead atoms. The van der Waals surface area contributed by atoms with Crippen LogP contribution in [0.15, 0.2) is 24.3 Å². The molecular weight excluding hydrogens is 176 g/mol. The first-order chi connectivity index (χ1) is 6.70. The third-order valence-electron chi connectivity index (χ3n) is 2.88. The minimum Gasteiger partial charge on any atom is -0.481 e. The molecule has 0 saturated heterocycles. The lowest BCUT2D eigenvalue weighted by Crippen LogP contribution is -2.14. The summed E-state index contributed by atoms with van der Waals surface area (Å²) in [5, 5.41) is 9.16. The van der Waals surface area contributed by atoms with Gasteiger partial charge in [-0.1, -0.05) is 24.3 Å². The van der Waals surface area contributed by atoms with Crippen molar-refractivity contribution < 1.29 is 9.90 Å². The molecule has 0 aromatic heterocycles. The highest BCUT2D eigenvalue weighted by atomic mass is 16.4. The van der Waals surface area contributed by atoms with Crippen molar-refractivity contribution in [3.05, 3.63) is 35.4 Å². The molecule has 1 aliphatic carbocycles. The van der Waals surface area contributed by atoms with Gasteiger partial charge in [0.05, 0.1) is 5.92 Å². The van der Waals surface area contributed by atoms with Crippen LogP contribution in [0.4, 0.5) is 0 Å². The second-order valence-corrected chi connectivity index (χ2v) is 4.01. The molecule has 0 spiro atoms. The predicted octanol–water partition coefficient (Wildman–Crippen LogP) is 2.57. The van der Waals surface area contributed by atoms with Gasteiger partial charge in [-0.3, -0.25) is 4.79 Å². The van der Waals surface area contributed by atoms with E-state index in [-0.39, 0.29) is 5.92 Å². The summed E-state index contributed by atoms with van der Waals surface area (Å²) in [5.41, 5.74) is 2.08. The van der Waals surface area contributed by atoms with Crippen LogP contribution in [0, 0.1) is 12.8 Å². The number of hydrogen-bond donors (Lipinski definition) is 1. The van der Waals surface area contributed by atoms with Crippen LogP contribution in [0.1, 0.15) is 29.9 Å². The van der Waals surface area contributed by atoms with E-state index in [1.807, 2.05) is 31.2 Å². The van der Waals surface area contributed by atoms with E-state index in [0.717, 1.165) is 24.0 Å². The van der Waals surface area contributed by atoms with E-state index in [0.29, 0.717) is 5.92 Å². The van der Waals surface area contributed by atoms with Crippen LogP contribution in [-0.2, 0) is 4.79 Å². The van der Waals surface area contributed by atoms with Crippen molar-refractivity contribution in [3.63, 3.8) is 0 Å². The summed E-state index contributed by atoms with van der Waals surface area (Å²) in [4.78, 5) is 11.1. The Morgan fingerprint density at radius 3 is 2.57 bits per heavy atom. The molecule has 74 valence electrons. The normalized spacial score (nSPS) is 17.8. The maximum absolute atomic E-state index is 11.1. The molecule has 1 N–H and O–H groups in total. The minimum atomic E-state index is -0.679. The number of benzene rings is 1. The number of carboxylic acid groups (broad SMARTS) is 1. The molecular formula is C12H14O2. The van der Waals surface area contributed by atoms with Crippen molar-refractivity contribution >= 4 is 5.97 Å². The molecule has 1 fully saturated rings. The van der Waals surface area contributed by atoms with Crippen LogP contribution in [0.5, 0.6) is 0 Å². The van der Waals surface area contributed by atoms with Gasteiger partial charge >= 0.3 is 5.97 Å². The van der Waals surface area contributed by atoms with Crippen molar-refractivity contribution in [1.29, 1.82) is 0 Å². The van der Waals surface area contributed by atoms with Gasteiger partial charge in [0.25, 0.3) is 0 Å². The van der Waals surface area contributed by atoms with E-state index in [2.05, 4.69) is 0 Å². The summed E-state index contributed by atoms with van der Waals surface area (Å²) in [6, 6.07) is 7.78. The highest BCUT2D eigenvalue weighted by Gasteiger charge is 2.37. The molecule has 2 heteroatoms. The van der Waals surface area contributed by atoms with Gasteiger partial charge in [0, 0.05) is 0 Å². The Hall–Kier alpha value is -1.31. The molecule has 2 rings (SSSR count). The first kappa shape index (κ1) is 9.25. The number of rotatable bonds is 3. The Bertz CT molecular complexity index is 353. The molecule has 0 radical (unpaired) electrons. The van der Waals surface area contributed by atoms with E-state index in [1.54, 1.807) is 0 Å². The van der Waals surface area contributed by atoms with E-state index in [1.165, 1.54) is 0 Å². The van der Waals surface area contributed by atoms with Crippen LogP contribution in [0.3, 0.4) is 0 Å². The fourth-order valence-electron chi connectivity index (χ4n) is 1.95. The molecule has 0 aliphatic heterocycles. The average molecular weight is 190 g/mol. The third-order valence-corrected chi connectivity index (χ3v) is 2.88. The number of aliphatic carboxylic acids is 1. The van der Waals surface area contributed by atoms with Crippen LogP contribution in [0.2, 0.25) is 0 Å². The zero-order valence-corrected chi connectivity index (χ0v) is 8.23. The summed E-state index contributed by atoms with van der Waals surface area (Å²) in [6.45, 7) is 1.98. The van der Waals surface area contributed by atoms with Crippen LogP contribution in [-0.4, -0.2) is 11.1 Å². The van der Waals surface area contributed by atoms with Gasteiger partial charge < -0.3 is 5.11 Å². The van der Waals surface area contributed by atoms with Gasteiger partial charge in [-0.05, 0) is 36.8 Å². The monoisotopic (exact) mass is 190 g/mol. The number of aryl methyl sites for hydroxylation is 1. The fourth-order valence-corrected chi connectivity index (χ4v) is 1.95. The van der Waals surface area contributed by atoms with Gasteiger partial charge in [0.1, 0.15) is 0 Å². The van der Waals surface area contributed by atoms with Crippen LogP contribution >= 0.6 is 0 Å². The van der Waals surface area contributed by atoms with Gasteiger partial charge in [-0.25, -0.2) is 0 Å².